The predicted octanol–water partition coefficient (Wildman–Crippen LogP) is 1.79. The summed E-state index contributed by atoms with van der Waals surface area (Å²) in [5.41, 5.74) is 5.15. The maximum absolute atomic E-state index is 13.3. The normalized spacial score (nSPS) is 11.1. The van der Waals surface area contributed by atoms with E-state index in [0.717, 1.165) is 12.1 Å². The summed E-state index contributed by atoms with van der Waals surface area (Å²) in [7, 11) is -3.85. The molecule has 0 atom stereocenters. The molecular formula is C8H10Cl3FN2O2S. The summed E-state index contributed by atoms with van der Waals surface area (Å²) in [4.78, 5) is -0.357. The summed E-state index contributed by atoms with van der Waals surface area (Å²) in [5.74, 6) is -0.959. The Morgan fingerprint density at radius 3 is 2.47 bits per heavy atom. The Bertz CT molecular complexity index is 496. The van der Waals surface area contributed by atoms with Gasteiger partial charge in [0.2, 0.25) is 10.0 Å². The van der Waals surface area contributed by atoms with E-state index in [1.54, 1.807) is 0 Å². The second-order valence-electron chi connectivity index (χ2n) is 2.86. The highest BCUT2D eigenvalue weighted by Gasteiger charge is 2.21. The van der Waals surface area contributed by atoms with Crippen molar-refractivity contribution in [1.82, 2.24) is 4.72 Å². The van der Waals surface area contributed by atoms with Crippen LogP contribution in [-0.2, 0) is 10.0 Å². The Hall–Kier alpha value is -0.110. The average Bonchev–Trinajstić information content (AvgIpc) is 2.23. The van der Waals surface area contributed by atoms with Crippen LogP contribution in [0.3, 0.4) is 0 Å². The summed E-state index contributed by atoms with van der Waals surface area (Å²) < 4.78 is 38.7. The van der Waals surface area contributed by atoms with E-state index in [1.165, 1.54) is 0 Å². The van der Waals surface area contributed by atoms with Gasteiger partial charge in [-0.25, -0.2) is 17.5 Å². The van der Waals surface area contributed by atoms with Gasteiger partial charge in [-0.1, -0.05) is 23.2 Å². The molecule has 0 fully saturated rings. The van der Waals surface area contributed by atoms with Crippen LogP contribution in [-0.4, -0.2) is 21.5 Å². The highest BCUT2D eigenvalue weighted by molar-refractivity contribution is 7.89. The molecule has 0 amide bonds. The van der Waals surface area contributed by atoms with E-state index in [-0.39, 0.29) is 35.4 Å². The molecule has 3 N–H and O–H groups in total. The predicted molar refractivity (Wildman–Crippen MR) is 67.9 cm³/mol. The molecular weight excluding hydrogens is 314 g/mol. The average molecular weight is 324 g/mol. The molecule has 0 radical (unpaired) electrons. The molecule has 0 saturated carbocycles. The molecule has 9 heteroatoms. The first-order valence-electron chi connectivity index (χ1n) is 4.23. The molecule has 0 bridgehead atoms. The number of sulfonamides is 1. The van der Waals surface area contributed by atoms with Crippen molar-refractivity contribution in [2.24, 2.45) is 5.73 Å². The van der Waals surface area contributed by atoms with Crippen LogP contribution in [0.1, 0.15) is 0 Å². The zero-order valence-electron chi connectivity index (χ0n) is 8.41. The van der Waals surface area contributed by atoms with E-state index in [1.807, 2.05) is 0 Å². The van der Waals surface area contributed by atoms with Crippen LogP contribution >= 0.6 is 35.6 Å². The van der Waals surface area contributed by atoms with Crippen LogP contribution in [0.4, 0.5) is 4.39 Å². The third kappa shape index (κ3) is 3.94. The van der Waals surface area contributed by atoms with Gasteiger partial charge >= 0.3 is 0 Å². The zero-order valence-corrected chi connectivity index (χ0v) is 11.6. The number of benzene rings is 1. The summed E-state index contributed by atoms with van der Waals surface area (Å²) in [6, 6.07) is 2.26. The molecule has 1 rings (SSSR count). The minimum Gasteiger partial charge on any atom is -0.329 e. The molecule has 17 heavy (non-hydrogen) atoms. The lowest BCUT2D eigenvalue weighted by Gasteiger charge is -2.08. The molecule has 0 aliphatic heterocycles. The van der Waals surface area contributed by atoms with Crippen molar-refractivity contribution < 1.29 is 12.8 Å². The summed E-state index contributed by atoms with van der Waals surface area (Å²) in [6.07, 6.45) is 0. The highest BCUT2D eigenvalue weighted by Crippen LogP contribution is 2.29. The Labute approximate surface area is 115 Å². The molecule has 1 aromatic carbocycles. The Kier molecular flexibility index (Phi) is 6.68. The lowest BCUT2D eigenvalue weighted by molar-refractivity contribution is 0.578. The second kappa shape index (κ2) is 6.72. The molecule has 98 valence electrons. The first-order valence-corrected chi connectivity index (χ1v) is 6.47. The van der Waals surface area contributed by atoms with Crippen LogP contribution in [0, 0.1) is 5.82 Å². The van der Waals surface area contributed by atoms with Crippen LogP contribution < -0.4 is 10.5 Å². The molecule has 1 aromatic rings. The van der Waals surface area contributed by atoms with Gasteiger partial charge in [0, 0.05) is 13.1 Å². The fraction of sp³-hybridized carbons (Fsp3) is 0.250. The van der Waals surface area contributed by atoms with Crippen LogP contribution in [0.25, 0.3) is 0 Å². The van der Waals surface area contributed by atoms with Gasteiger partial charge in [-0.15, -0.1) is 12.4 Å². The van der Waals surface area contributed by atoms with Gasteiger partial charge in [0.15, 0.2) is 5.82 Å². The fourth-order valence-corrected chi connectivity index (χ4v) is 2.78. The van der Waals surface area contributed by atoms with Crippen molar-refractivity contribution >= 4 is 45.6 Å². The van der Waals surface area contributed by atoms with Gasteiger partial charge in [0.25, 0.3) is 0 Å². The van der Waals surface area contributed by atoms with Gasteiger partial charge < -0.3 is 5.73 Å². The standard InChI is InChI=1S/C8H9Cl2FN2O2S.ClH/c9-5-1-2-6(7(10)8(5)11)16(14,15)13-4-3-12;/h1-2,13H,3-4,12H2;1H. The van der Waals surface area contributed by atoms with E-state index >= 15 is 0 Å². The minimum atomic E-state index is -3.85. The fourth-order valence-electron chi connectivity index (χ4n) is 0.987. The number of nitrogens with two attached hydrogens (primary N) is 1. The van der Waals surface area contributed by atoms with Crippen molar-refractivity contribution in [3.63, 3.8) is 0 Å². The second-order valence-corrected chi connectivity index (χ2v) is 5.38. The van der Waals surface area contributed by atoms with E-state index in [9.17, 15) is 12.8 Å². The Morgan fingerprint density at radius 2 is 1.94 bits per heavy atom. The first-order chi connectivity index (χ1) is 7.40. The van der Waals surface area contributed by atoms with Crippen LogP contribution in [0.15, 0.2) is 17.0 Å². The van der Waals surface area contributed by atoms with Crippen molar-refractivity contribution in [2.45, 2.75) is 4.90 Å². The Balaban J connectivity index is 0.00000256. The van der Waals surface area contributed by atoms with Crippen molar-refractivity contribution in [3.05, 3.63) is 28.0 Å². The van der Waals surface area contributed by atoms with Gasteiger partial charge in [-0.05, 0) is 12.1 Å². The van der Waals surface area contributed by atoms with E-state index in [4.69, 9.17) is 28.9 Å². The number of rotatable bonds is 4. The summed E-state index contributed by atoms with van der Waals surface area (Å²) >= 11 is 11.0. The van der Waals surface area contributed by atoms with Gasteiger partial charge in [0.1, 0.15) is 4.90 Å². The molecule has 0 saturated heterocycles. The van der Waals surface area contributed by atoms with Crippen LogP contribution in [0.2, 0.25) is 10.0 Å². The smallest absolute Gasteiger partial charge is 0.242 e. The van der Waals surface area contributed by atoms with Crippen LogP contribution in [0.5, 0.6) is 0 Å². The molecule has 0 aliphatic rings. The van der Waals surface area contributed by atoms with Gasteiger partial charge in [-0.3, -0.25) is 0 Å². The largest absolute Gasteiger partial charge is 0.329 e. The topological polar surface area (TPSA) is 72.2 Å². The van der Waals surface area contributed by atoms with Gasteiger partial charge in [-0.2, -0.15) is 0 Å². The number of halogens is 4. The number of hydrogen-bond donors (Lipinski definition) is 2. The minimum absolute atomic E-state index is 0. The van der Waals surface area contributed by atoms with E-state index in [2.05, 4.69) is 4.72 Å². The van der Waals surface area contributed by atoms with Crippen molar-refractivity contribution in [3.8, 4) is 0 Å². The highest BCUT2D eigenvalue weighted by atomic mass is 35.5. The summed E-state index contributed by atoms with van der Waals surface area (Å²) in [6.45, 7) is 0.176. The third-order valence-corrected chi connectivity index (χ3v) is 4.00. The molecule has 0 spiro atoms. The third-order valence-electron chi connectivity index (χ3n) is 1.73. The molecule has 0 aliphatic carbocycles. The quantitative estimate of drug-likeness (QED) is 0.830. The zero-order chi connectivity index (χ0) is 12.3. The molecule has 0 unspecified atom stereocenters. The summed E-state index contributed by atoms with van der Waals surface area (Å²) in [5, 5.41) is -0.764. The first kappa shape index (κ1) is 16.9. The molecule has 0 aromatic heterocycles. The monoisotopic (exact) mass is 322 g/mol. The Morgan fingerprint density at radius 1 is 1.35 bits per heavy atom. The number of nitrogens with one attached hydrogen (secondary N) is 1. The van der Waals surface area contributed by atoms with E-state index < -0.39 is 20.9 Å². The van der Waals surface area contributed by atoms with Crippen molar-refractivity contribution in [2.75, 3.05) is 13.1 Å². The van der Waals surface area contributed by atoms with Gasteiger partial charge in [0.05, 0.1) is 10.0 Å². The van der Waals surface area contributed by atoms with Crippen molar-refractivity contribution in [1.29, 1.82) is 0 Å². The SMILES string of the molecule is Cl.NCCNS(=O)(=O)c1ccc(Cl)c(F)c1Cl. The maximum atomic E-state index is 13.3. The lowest BCUT2D eigenvalue weighted by Crippen LogP contribution is -2.29. The molecule has 4 nitrogen and oxygen atoms in total. The maximum Gasteiger partial charge on any atom is 0.242 e. The van der Waals surface area contributed by atoms with E-state index in [0.29, 0.717) is 0 Å². The molecule has 0 heterocycles. The lowest BCUT2D eigenvalue weighted by atomic mass is 10.3. The number of hydrogen-bond acceptors (Lipinski definition) is 3.